The molecule has 1 aliphatic rings. The summed E-state index contributed by atoms with van der Waals surface area (Å²) in [6.07, 6.45) is 7.63. The Hall–Kier alpha value is -1.43. The van der Waals surface area contributed by atoms with Crippen molar-refractivity contribution in [2.45, 2.75) is 57.9 Å². The Bertz CT molecular complexity index is 427. The van der Waals surface area contributed by atoms with Gasteiger partial charge in [-0.1, -0.05) is 37.3 Å². The van der Waals surface area contributed by atoms with Crippen molar-refractivity contribution in [1.82, 2.24) is 15.5 Å². The first-order chi connectivity index (χ1) is 9.65. The molecule has 1 amide bonds. The van der Waals surface area contributed by atoms with Gasteiger partial charge in [-0.05, 0) is 19.3 Å². The van der Waals surface area contributed by atoms with Crippen LogP contribution in [0.25, 0.3) is 0 Å². The van der Waals surface area contributed by atoms with Crippen molar-refractivity contribution in [3.63, 3.8) is 0 Å². The molecule has 2 rings (SSSR count). The van der Waals surface area contributed by atoms with Crippen molar-refractivity contribution < 1.29 is 9.32 Å². The van der Waals surface area contributed by atoms with Crippen LogP contribution < -0.4 is 11.1 Å². The fraction of sp³-hybridized carbons (Fsp3) is 0.786. The van der Waals surface area contributed by atoms with E-state index in [4.69, 9.17) is 10.3 Å². The highest BCUT2D eigenvalue weighted by Gasteiger charge is 2.21. The summed E-state index contributed by atoms with van der Waals surface area (Å²) in [5.74, 6) is 1.69. The van der Waals surface area contributed by atoms with Crippen molar-refractivity contribution in [1.29, 1.82) is 0 Å². The quantitative estimate of drug-likeness (QED) is 0.820. The van der Waals surface area contributed by atoms with Crippen LogP contribution in [0.3, 0.4) is 0 Å². The van der Waals surface area contributed by atoms with Gasteiger partial charge in [0.05, 0.1) is 6.04 Å². The summed E-state index contributed by atoms with van der Waals surface area (Å²) in [7, 11) is 0. The van der Waals surface area contributed by atoms with Gasteiger partial charge in [0, 0.05) is 13.0 Å². The number of aromatic nitrogens is 2. The van der Waals surface area contributed by atoms with E-state index in [1.54, 1.807) is 6.92 Å². The van der Waals surface area contributed by atoms with Crippen LogP contribution in [0.15, 0.2) is 4.52 Å². The number of carbonyl (C=O) groups excluding carboxylic acids is 1. The third kappa shape index (κ3) is 4.59. The van der Waals surface area contributed by atoms with Gasteiger partial charge in [-0.2, -0.15) is 4.98 Å². The number of hydrogen-bond acceptors (Lipinski definition) is 5. The first-order valence-electron chi connectivity index (χ1n) is 7.47. The standard InChI is InChI=1S/C14H24N4O2/c1-10-17-13(20-18-10)7-8-16-14(19)12(15)9-11-5-3-2-4-6-11/h11-12H,2-9,15H2,1H3,(H,16,19). The number of nitrogens with one attached hydrogen (secondary N) is 1. The second kappa shape index (κ2) is 7.38. The van der Waals surface area contributed by atoms with E-state index in [0.717, 1.165) is 6.42 Å². The maximum absolute atomic E-state index is 11.9. The van der Waals surface area contributed by atoms with Crippen LogP contribution in [0.5, 0.6) is 0 Å². The van der Waals surface area contributed by atoms with Crippen LogP contribution in [0.4, 0.5) is 0 Å². The molecular formula is C14H24N4O2. The second-order valence-electron chi connectivity index (χ2n) is 5.62. The average molecular weight is 280 g/mol. The van der Waals surface area contributed by atoms with E-state index in [-0.39, 0.29) is 5.91 Å². The van der Waals surface area contributed by atoms with Crippen molar-refractivity contribution in [3.8, 4) is 0 Å². The van der Waals surface area contributed by atoms with Gasteiger partial charge in [-0.15, -0.1) is 0 Å². The summed E-state index contributed by atoms with van der Waals surface area (Å²) in [5, 5.41) is 6.54. The topological polar surface area (TPSA) is 94.0 Å². The highest BCUT2D eigenvalue weighted by atomic mass is 16.5. The van der Waals surface area contributed by atoms with Gasteiger partial charge < -0.3 is 15.6 Å². The van der Waals surface area contributed by atoms with Crippen LogP contribution >= 0.6 is 0 Å². The van der Waals surface area contributed by atoms with E-state index in [0.29, 0.717) is 30.6 Å². The number of nitrogens with zero attached hydrogens (tertiary/aromatic N) is 2. The molecule has 1 unspecified atom stereocenters. The van der Waals surface area contributed by atoms with Crippen molar-refractivity contribution in [3.05, 3.63) is 11.7 Å². The first-order valence-corrected chi connectivity index (χ1v) is 7.47. The van der Waals surface area contributed by atoms with Crippen LogP contribution in [0, 0.1) is 12.8 Å². The molecular weight excluding hydrogens is 256 g/mol. The predicted molar refractivity (Wildman–Crippen MR) is 74.9 cm³/mol. The summed E-state index contributed by atoms with van der Waals surface area (Å²) in [6.45, 7) is 2.25. The first kappa shape index (κ1) is 15.0. The van der Waals surface area contributed by atoms with E-state index in [1.165, 1.54) is 32.1 Å². The molecule has 0 aromatic carbocycles. The lowest BCUT2D eigenvalue weighted by Crippen LogP contribution is -2.42. The van der Waals surface area contributed by atoms with Crippen LogP contribution in [0.1, 0.15) is 50.2 Å². The smallest absolute Gasteiger partial charge is 0.236 e. The number of amides is 1. The zero-order valence-electron chi connectivity index (χ0n) is 12.1. The fourth-order valence-corrected chi connectivity index (χ4v) is 2.75. The lowest BCUT2D eigenvalue weighted by Gasteiger charge is -2.24. The Labute approximate surface area is 119 Å². The second-order valence-corrected chi connectivity index (χ2v) is 5.62. The number of rotatable bonds is 6. The molecule has 1 heterocycles. The Kier molecular flexibility index (Phi) is 5.52. The van der Waals surface area contributed by atoms with Gasteiger partial charge in [0.25, 0.3) is 0 Å². The fourth-order valence-electron chi connectivity index (χ4n) is 2.75. The molecule has 6 heteroatoms. The third-order valence-electron chi connectivity index (χ3n) is 3.86. The molecule has 3 N–H and O–H groups in total. The molecule has 6 nitrogen and oxygen atoms in total. The molecule has 1 aliphatic carbocycles. The molecule has 1 saturated carbocycles. The van der Waals surface area contributed by atoms with Gasteiger partial charge in [0.1, 0.15) is 0 Å². The number of hydrogen-bond donors (Lipinski definition) is 2. The summed E-state index contributed by atoms with van der Waals surface area (Å²) < 4.78 is 4.98. The van der Waals surface area contributed by atoms with Crippen LogP contribution in [0.2, 0.25) is 0 Å². The van der Waals surface area contributed by atoms with E-state index in [1.807, 2.05) is 0 Å². The summed E-state index contributed by atoms with van der Waals surface area (Å²) >= 11 is 0. The number of carbonyl (C=O) groups is 1. The summed E-state index contributed by atoms with van der Waals surface area (Å²) in [5.41, 5.74) is 5.97. The average Bonchev–Trinajstić information content (AvgIpc) is 2.85. The highest BCUT2D eigenvalue weighted by molar-refractivity contribution is 5.81. The molecule has 1 atom stereocenters. The van der Waals surface area contributed by atoms with Crippen LogP contribution in [-0.2, 0) is 11.2 Å². The Morgan fingerprint density at radius 2 is 2.20 bits per heavy atom. The minimum atomic E-state index is -0.400. The van der Waals surface area contributed by atoms with Gasteiger partial charge in [0.2, 0.25) is 11.8 Å². The number of nitrogens with two attached hydrogens (primary N) is 1. The molecule has 0 saturated heterocycles. The van der Waals surface area contributed by atoms with Gasteiger partial charge in [-0.25, -0.2) is 0 Å². The number of aryl methyl sites for hydroxylation is 1. The molecule has 1 aromatic rings. The third-order valence-corrected chi connectivity index (χ3v) is 3.86. The molecule has 0 aliphatic heterocycles. The zero-order chi connectivity index (χ0) is 14.4. The molecule has 0 spiro atoms. The molecule has 20 heavy (non-hydrogen) atoms. The van der Waals surface area contributed by atoms with Crippen molar-refractivity contribution in [2.75, 3.05) is 6.54 Å². The largest absolute Gasteiger partial charge is 0.354 e. The molecule has 0 radical (unpaired) electrons. The molecule has 112 valence electrons. The van der Waals surface area contributed by atoms with Gasteiger partial charge >= 0.3 is 0 Å². The maximum atomic E-state index is 11.9. The minimum absolute atomic E-state index is 0.0770. The summed E-state index contributed by atoms with van der Waals surface area (Å²) in [6, 6.07) is -0.400. The monoisotopic (exact) mass is 280 g/mol. The van der Waals surface area contributed by atoms with E-state index < -0.39 is 6.04 Å². The van der Waals surface area contributed by atoms with Gasteiger partial charge in [0.15, 0.2) is 5.82 Å². The lowest BCUT2D eigenvalue weighted by molar-refractivity contribution is -0.122. The molecule has 1 aromatic heterocycles. The van der Waals surface area contributed by atoms with E-state index in [2.05, 4.69) is 15.5 Å². The normalized spacial score (nSPS) is 17.9. The minimum Gasteiger partial charge on any atom is -0.354 e. The Balaban J connectivity index is 1.65. The lowest BCUT2D eigenvalue weighted by atomic mass is 9.85. The van der Waals surface area contributed by atoms with Crippen LogP contribution in [-0.4, -0.2) is 28.6 Å². The van der Waals surface area contributed by atoms with Gasteiger partial charge in [-0.3, -0.25) is 4.79 Å². The zero-order valence-corrected chi connectivity index (χ0v) is 12.1. The summed E-state index contributed by atoms with van der Waals surface area (Å²) in [4.78, 5) is 16.0. The Morgan fingerprint density at radius 1 is 1.45 bits per heavy atom. The van der Waals surface area contributed by atoms with E-state index >= 15 is 0 Å². The predicted octanol–water partition coefficient (Wildman–Crippen LogP) is 1.33. The molecule has 0 bridgehead atoms. The SMILES string of the molecule is Cc1noc(CCNC(=O)C(N)CC2CCCCC2)n1. The molecule has 1 fully saturated rings. The Morgan fingerprint density at radius 3 is 2.85 bits per heavy atom. The van der Waals surface area contributed by atoms with Crippen molar-refractivity contribution in [2.24, 2.45) is 11.7 Å². The van der Waals surface area contributed by atoms with Crippen molar-refractivity contribution >= 4 is 5.91 Å². The van der Waals surface area contributed by atoms with E-state index in [9.17, 15) is 4.79 Å². The highest BCUT2D eigenvalue weighted by Crippen LogP contribution is 2.26. The maximum Gasteiger partial charge on any atom is 0.236 e.